The number of benzene rings is 1. The lowest BCUT2D eigenvalue weighted by atomic mass is 9.89. The highest BCUT2D eigenvalue weighted by Gasteiger charge is 2.19. The minimum Gasteiger partial charge on any atom is -0.490 e. The Hall–Kier alpha value is -1.46. The monoisotopic (exact) mass is 272 g/mol. The number of aliphatic hydroxyl groups excluding tert-OH is 1. The largest absolute Gasteiger partial charge is 0.490 e. The van der Waals surface area contributed by atoms with Crippen LogP contribution in [0.5, 0.6) is 5.75 Å². The van der Waals surface area contributed by atoms with Crippen molar-refractivity contribution in [2.24, 2.45) is 5.92 Å². The van der Waals surface area contributed by atoms with Gasteiger partial charge >= 0.3 is 0 Å². The van der Waals surface area contributed by atoms with E-state index in [0.717, 1.165) is 22.8 Å². The van der Waals surface area contributed by atoms with Crippen LogP contribution in [0.2, 0.25) is 0 Å². The van der Waals surface area contributed by atoms with E-state index in [0.29, 0.717) is 12.5 Å². The first-order chi connectivity index (χ1) is 9.69. The Bertz CT molecular complexity index is 488. The number of ether oxygens (including phenoxy) is 1. The van der Waals surface area contributed by atoms with Crippen molar-refractivity contribution >= 4 is 0 Å². The molecule has 108 valence electrons. The highest BCUT2D eigenvalue weighted by Crippen LogP contribution is 2.28. The molecular weight excluding hydrogens is 248 g/mol. The van der Waals surface area contributed by atoms with Gasteiger partial charge in [0.15, 0.2) is 0 Å². The van der Waals surface area contributed by atoms with E-state index >= 15 is 0 Å². The first-order valence-electron chi connectivity index (χ1n) is 7.56. The van der Waals surface area contributed by atoms with Gasteiger partial charge in [-0.3, -0.25) is 0 Å². The van der Waals surface area contributed by atoms with E-state index in [1.54, 1.807) is 0 Å². The quantitative estimate of drug-likeness (QED) is 0.850. The first-order valence-corrected chi connectivity index (χ1v) is 7.56. The van der Waals surface area contributed by atoms with Gasteiger partial charge in [-0.2, -0.15) is 0 Å². The molecule has 2 heteroatoms. The minimum atomic E-state index is 0.118. The molecule has 0 aromatic heterocycles. The summed E-state index contributed by atoms with van der Waals surface area (Å²) in [5.41, 5.74) is 2.12. The van der Waals surface area contributed by atoms with E-state index in [4.69, 9.17) is 9.84 Å². The van der Waals surface area contributed by atoms with E-state index in [2.05, 4.69) is 31.8 Å². The Labute approximate surface area is 122 Å². The molecule has 0 atom stereocenters. The molecule has 0 radical (unpaired) electrons. The summed E-state index contributed by atoms with van der Waals surface area (Å²) < 4.78 is 6.13. The molecule has 0 bridgehead atoms. The molecule has 1 aromatic rings. The Balaban J connectivity index is 1.98. The van der Waals surface area contributed by atoms with Crippen LogP contribution in [0.4, 0.5) is 0 Å². The van der Waals surface area contributed by atoms with Crippen molar-refractivity contribution in [3.8, 4) is 17.6 Å². The van der Waals surface area contributed by atoms with Crippen LogP contribution >= 0.6 is 0 Å². The summed E-state index contributed by atoms with van der Waals surface area (Å²) in [4.78, 5) is 0. The maximum atomic E-state index is 8.72. The van der Waals surface area contributed by atoms with Gasteiger partial charge in [-0.05, 0) is 62.3 Å². The summed E-state index contributed by atoms with van der Waals surface area (Å²) in [5, 5.41) is 8.72. The third-order valence-electron chi connectivity index (χ3n) is 3.90. The van der Waals surface area contributed by atoms with Crippen molar-refractivity contribution in [1.82, 2.24) is 0 Å². The van der Waals surface area contributed by atoms with Crippen LogP contribution in [0, 0.1) is 24.7 Å². The van der Waals surface area contributed by atoms with Crippen LogP contribution in [0.1, 0.15) is 50.2 Å². The van der Waals surface area contributed by atoms with Crippen LogP contribution in [0.3, 0.4) is 0 Å². The van der Waals surface area contributed by atoms with Gasteiger partial charge in [-0.25, -0.2) is 0 Å². The van der Waals surface area contributed by atoms with E-state index in [9.17, 15) is 0 Å². The average Bonchev–Trinajstić information content (AvgIpc) is 2.44. The molecule has 1 N–H and O–H groups in total. The van der Waals surface area contributed by atoms with Gasteiger partial charge in [-0.15, -0.1) is 0 Å². The molecule has 1 aliphatic rings. The molecule has 0 heterocycles. The van der Waals surface area contributed by atoms with Crippen LogP contribution < -0.4 is 4.74 Å². The second-order valence-electron chi connectivity index (χ2n) is 5.76. The molecule has 0 aliphatic heterocycles. The van der Waals surface area contributed by atoms with E-state index in [-0.39, 0.29) is 6.61 Å². The summed E-state index contributed by atoms with van der Waals surface area (Å²) >= 11 is 0. The second-order valence-corrected chi connectivity index (χ2v) is 5.76. The Kier molecular flexibility index (Phi) is 5.49. The summed E-state index contributed by atoms with van der Waals surface area (Å²) in [6, 6.07) is 6.08. The second kappa shape index (κ2) is 7.36. The lowest BCUT2D eigenvalue weighted by Gasteiger charge is -2.27. The zero-order chi connectivity index (χ0) is 14.4. The predicted octanol–water partition coefficient (Wildman–Crippen LogP) is 3.69. The van der Waals surface area contributed by atoms with Crippen LogP contribution in [0.15, 0.2) is 18.2 Å². The van der Waals surface area contributed by atoms with Crippen molar-refractivity contribution < 1.29 is 9.84 Å². The normalized spacial score (nSPS) is 21.9. The minimum absolute atomic E-state index is 0.118. The smallest absolute Gasteiger partial charge is 0.122 e. The van der Waals surface area contributed by atoms with Gasteiger partial charge in [0.1, 0.15) is 5.75 Å². The molecule has 2 rings (SSSR count). The van der Waals surface area contributed by atoms with E-state index < -0.39 is 0 Å². The Morgan fingerprint density at radius 3 is 2.65 bits per heavy atom. The van der Waals surface area contributed by atoms with Gasteiger partial charge < -0.3 is 9.84 Å². The van der Waals surface area contributed by atoms with Gasteiger partial charge in [0, 0.05) is 12.0 Å². The predicted molar refractivity (Wildman–Crippen MR) is 81.8 cm³/mol. The maximum absolute atomic E-state index is 8.72. The third-order valence-corrected chi connectivity index (χ3v) is 3.90. The number of hydrogen-bond donors (Lipinski definition) is 1. The molecule has 0 unspecified atom stereocenters. The zero-order valence-electron chi connectivity index (χ0n) is 12.5. The lowest BCUT2D eigenvalue weighted by Crippen LogP contribution is -2.23. The summed E-state index contributed by atoms with van der Waals surface area (Å²) in [6.07, 6.45) is 5.77. The van der Waals surface area contributed by atoms with Gasteiger partial charge in [-0.1, -0.05) is 18.8 Å². The van der Waals surface area contributed by atoms with Crippen molar-refractivity contribution in [3.05, 3.63) is 29.3 Å². The van der Waals surface area contributed by atoms with Crippen LogP contribution in [-0.2, 0) is 0 Å². The van der Waals surface area contributed by atoms with Crippen molar-refractivity contribution in [3.63, 3.8) is 0 Å². The average molecular weight is 272 g/mol. The standard InChI is InChI=1S/C18H24O2/c1-14-6-9-17(10-7-14)20-18-11-8-16(13-15(18)2)5-3-4-12-19/h8,11,13-14,17,19H,4,6-7,9-10,12H2,1-2H3. The Morgan fingerprint density at radius 2 is 2.00 bits per heavy atom. The molecular formula is C18H24O2. The first kappa shape index (κ1) is 14.9. The number of rotatable bonds is 3. The van der Waals surface area contributed by atoms with Crippen molar-refractivity contribution in [1.29, 1.82) is 0 Å². The number of aliphatic hydroxyl groups is 1. The highest BCUT2D eigenvalue weighted by molar-refractivity contribution is 5.43. The SMILES string of the molecule is Cc1cc(C#CCCO)ccc1OC1CCC(C)CC1. The van der Waals surface area contributed by atoms with Crippen molar-refractivity contribution in [2.75, 3.05) is 6.61 Å². The van der Waals surface area contributed by atoms with Gasteiger partial charge in [0.25, 0.3) is 0 Å². The van der Waals surface area contributed by atoms with Crippen LogP contribution in [-0.4, -0.2) is 17.8 Å². The number of aryl methyl sites for hydroxylation is 1. The lowest BCUT2D eigenvalue weighted by molar-refractivity contribution is 0.134. The number of hydrogen-bond acceptors (Lipinski definition) is 2. The summed E-state index contributed by atoms with van der Waals surface area (Å²) in [6.45, 7) is 4.51. The fourth-order valence-corrected chi connectivity index (χ4v) is 2.61. The molecule has 20 heavy (non-hydrogen) atoms. The highest BCUT2D eigenvalue weighted by atomic mass is 16.5. The molecule has 0 spiro atoms. The molecule has 0 amide bonds. The Morgan fingerprint density at radius 1 is 1.25 bits per heavy atom. The van der Waals surface area contributed by atoms with E-state index in [1.807, 2.05) is 12.1 Å². The maximum Gasteiger partial charge on any atom is 0.122 e. The summed E-state index contributed by atoms with van der Waals surface area (Å²) in [5.74, 6) is 7.83. The molecule has 1 saturated carbocycles. The molecule has 1 aliphatic carbocycles. The van der Waals surface area contributed by atoms with Gasteiger partial charge in [0.2, 0.25) is 0 Å². The summed E-state index contributed by atoms with van der Waals surface area (Å²) in [7, 11) is 0. The van der Waals surface area contributed by atoms with Crippen molar-refractivity contribution in [2.45, 2.75) is 52.1 Å². The molecule has 1 aromatic carbocycles. The third kappa shape index (κ3) is 4.28. The van der Waals surface area contributed by atoms with E-state index in [1.165, 1.54) is 25.7 Å². The zero-order valence-corrected chi connectivity index (χ0v) is 12.5. The topological polar surface area (TPSA) is 29.5 Å². The fourth-order valence-electron chi connectivity index (χ4n) is 2.61. The van der Waals surface area contributed by atoms with Gasteiger partial charge in [0.05, 0.1) is 12.7 Å². The molecule has 0 saturated heterocycles. The fraction of sp³-hybridized carbons (Fsp3) is 0.556. The molecule has 1 fully saturated rings. The van der Waals surface area contributed by atoms with Crippen LogP contribution in [0.25, 0.3) is 0 Å². The molecule has 2 nitrogen and oxygen atoms in total.